The van der Waals surface area contributed by atoms with Gasteiger partial charge < -0.3 is 10.2 Å². The van der Waals surface area contributed by atoms with Crippen molar-refractivity contribution in [2.75, 3.05) is 23.8 Å². The van der Waals surface area contributed by atoms with Crippen molar-refractivity contribution in [2.24, 2.45) is 5.92 Å². The first-order valence-corrected chi connectivity index (χ1v) is 7.24. The van der Waals surface area contributed by atoms with Crippen LogP contribution in [0.1, 0.15) is 27.7 Å². The Bertz CT molecular complexity index is 565. The predicted octanol–water partition coefficient (Wildman–Crippen LogP) is 1.97. The summed E-state index contributed by atoms with van der Waals surface area (Å²) in [7, 11) is 2.01. The maximum absolute atomic E-state index is 4.55. The Balaban J connectivity index is 2.40. The van der Waals surface area contributed by atoms with Gasteiger partial charge in [0.2, 0.25) is 17.8 Å². The van der Waals surface area contributed by atoms with E-state index in [1.54, 1.807) is 17.1 Å². The smallest absolute Gasteiger partial charge is 0.241 e. The molecular weight excluding hydrogens is 266 g/mol. The van der Waals surface area contributed by atoms with Gasteiger partial charge in [0.15, 0.2) is 0 Å². The van der Waals surface area contributed by atoms with E-state index in [0.29, 0.717) is 29.8 Å². The molecule has 0 spiro atoms. The van der Waals surface area contributed by atoms with Crippen molar-refractivity contribution in [1.29, 1.82) is 0 Å². The molecule has 0 amide bonds. The quantitative estimate of drug-likeness (QED) is 0.876. The average molecular weight is 289 g/mol. The summed E-state index contributed by atoms with van der Waals surface area (Å²) in [5, 5.41) is 3.15. The molecule has 0 aliphatic carbocycles. The Kier molecular flexibility index (Phi) is 4.72. The van der Waals surface area contributed by atoms with Crippen molar-refractivity contribution in [3.63, 3.8) is 0 Å². The fourth-order valence-electron chi connectivity index (χ4n) is 1.87. The van der Waals surface area contributed by atoms with E-state index in [2.05, 4.69) is 50.9 Å². The minimum Gasteiger partial charge on any atom is -0.354 e. The molecule has 0 aromatic carbocycles. The van der Waals surface area contributed by atoms with E-state index < -0.39 is 0 Å². The number of aromatic nitrogens is 5. The molecular formula is C14H23N7. The lowest BCUT2D eigenvalue weighted by molar-refractivity contribution is 0.498. The molecule has 1 N–H and O–H groups in total. The minimum absolute atomic E-state index is 0.331. The van der Waals surface area contributed by atoms with Crippen LogP contribution in [0.15, 0.2) is 18.7 Å². The van der Waals surface area contributed by atoms with E-state index in [9.17, 15) is 0 Å². The van der Waals surface area contributed by atoms with E-state index >= 15 is 0 Å². The Morgan fingerprint density at radius 2 is 2.00 bits per heavy atom. The van der Waals surface area contributed by atoms with E-state index in [1.165, 1.54) is 0 Å². The van der Waals surface area contributed by atoms with E-state index in [4.69, 9.17) is 0 Å². The molecule has 2 aromatic heterocycles. The maximum Gasteiger partial charge on any atom is 0.241 e. The van der Waals surface area contributed by atoms with Gasteiger partial charge in [-0.25, -0.2) is 4.98 Å². The average Bonchev–Trinajstić information content (AvgIpc) is 3.00. The molecule has 0 bridgehead atoms. The summed E-state index contributed by atoms with van der Waals surface area (Å²) >= 11 is 0. The fourth-order valence-corrected chi connectivity index (χ4v) is 1.87. The van der Waals surface area contributed by atoms with Gasteiger partial charge >= 0.3 is 0 Å². The molecule has 0 fully saturated rings. The minimum atomic E-state index is 0.331. The topological polar surface area (TPSA) is 71.8 Å². The molecule has 0 radical (unpaired) electrons. The molecule has 0 aliphatic heterocycles. The molecule has 1 unspecified atom stereocenters. The highest BCUT2D eigenvalue weighted by Gasteiger charge is 2.18. The number of imidazole rings is 1. The van der Waals surface area contributed by atoms with Crippen LogP contribution in [0.5, 0.6) is 0 Å². The van der Waals surface area contributed by atoms with Gasteiger partial charge in [-0.1, -0.05) is 13.8 Å². The maximum atomic E-state index is 4.55. The van der Waals surface area contributed by atoms with Crippen molar-refractivity contribution in [2.45, 2.75) is 33.7 Å². The lowest BCUT2D eigenvalue weighted by atomic mass is 10.1. The van der Waals surface area contributed by atoms with Crippen LogP contribution >= 0.6 is 0 Å². The molecule has 7 nitrogen and oxygen atoms in total. The third kappa shape index (κ3) is 3.48. The summed E-state index contributed by atoms with van der Waals surface area (Å²) in [5.74, 6) is 2.31. The van der Waals surface area contributed by atoms with Crippen molar-refractivity contribution < 1.29 is 0 Å². The molecule has 2 rings (SSSR count). The van der Waals surface area contributed by atoms with Crippen LogP contribution in [0.25, 0.3) is 5.95 Å². The predicted molar refractivity (Wildman–Crippen MR) is 83.8 cm³/mol. The molecule has 114 valence electrons. The summed E-state index contributed by atoms with van der Waals surface area (Å²) in [6.07, 6.45) is 5.21. The molecule has 2 aromatic rings. The number of nitrogens with one attached hydrogen (secondary N) is 1. The molecule has 0 saturated heterocycles. The largest absolute Gasteiger partial charge is 0.354 e. The van der Waals surface area contributed by atoms with Gasteiger partial charge in [0.25, 0.3) is 0 Å². The van der Waals surface area contributed by atoms with Crippen molar-refractivity contribution in [3.8, 4) is 5.95 Å². The molecule has 0 saturated carbocycles. The zero-order chi connectivity index (χ0) is 15.4. The lowest BCUT2D eigenvalue weighted by Crippen LogP contribution is -2.35. The van der Waals surface area contributed by atoms with Gasteiger partial charge in [0.1, 0.15) is 6.33 Å². The second-order valence-corrected chi connectivity index (χ2v) is 5.35. The summed E-state index contributed by atoms with van der Waals surface area (Å²) < 4.78 is 1.78. The molecule has 21 heavy (non-hydrogen) atoms. The Morgan fingerprint density at radius 3 is 2.57 bits per heavy atom. The zero-order valence-electron chi connectivity index (χ0n) is 13.3. The van der Waals surface area contributed by atoms with Crippen LogP contribution in [-0.2, 0) is 0 Å². The number of hydrogen-bond donors (Lipinski definition) is 1. The van der Waals surface area contributed by atoms with Gasteiger partial charge in [0, 0.05) is 32.0 Å². The highest BCUT2D eigenvalue weighted by molar-refractivity contribution is 5.40. The molecule has 1 atom stereocenters. The van der Waals surface area contributed by atoms with Crippen LogP contribution in [0, 0.1) is 5.92 Å². The summed E-state index contributed by atoms with van der Waals surface area (Å²) in [6, 6.07) is 0.331. The third-order valence-corrected chi connectivity index (χ3v) is 3.57. The Hall–Kier alpha value is -2.18. The Labute approximate surface area is 125 Å². The van der Waals surface area contributed by atoms with Crippen molar-refractivity contribution in [1.82, 2.24) is 24.5 Å². The molecule has 2 heterocycles. The highest BCUT2D eigenvalue weighted by atomic mass is 15.3. The summed E-state index contributed by atoms with van der Waals surface area (Å²) in [6.45, 7) is 9.31. The fraction of sp³-hybridized carbons (Fsp3) is 0.571. The summed E-state index contributed by atoms with van der Waals surface area (Å²) in [5.41, 5.74) is 0. The van der Waals surface area contributed by atoms with Crippen LogP contribution in [0.2, 0.25) is 0 Å². The van der Waals surface area contributed by atoms with E-state index in [0.717, 1.165) is 6.54 Å². The lowest BCUT2D eigenvalue weighted by Gasteiger charge is -2.28. The number of hydrogen-bond acceptors (Lipinski definition) is 6. The number of nitrogens with zero attached hydrogens (tertiary/aromatic N) is 6. The monoisotopic (exact) mass is 289 g/mol. The first-order valence-electron chi connectivity index (χ1n) is 7.24. The normalized spacial score (nSPS) is 12.5. The van der Waals surface area contributed by atoms with E-state index in [-0.39, 0.29) is 0 Å². The van der Waals surface area contributed by atoms with Crippen LogP contribution < -0.4 is 10.2 Å². The highest BCUT2D eigenvalue weighted by Crippen LogP contribution is 2.17. The van der Waals surface area contributed by atoms with Crippen LogP contribution in [-0.4, -0.2) is 44.1 Å². The van der Waals surface area contributed by atoms with Gasteiger partial charge in [-0.05, 0) is 19.8 Å². The van der Waals surface area contributed by atoms with E-state index in [1.807, 2.05) is 20.2 Å². The zero-order valence-corrected chi connectivity index (χ0v) is 13.3. The number of rotatable bonds is 6. The summed E-state index contributed by atoms with van der Waals surface area (Å²) in [4.78, 5) is 19.6. The standard InChI is InChI=1S/C14H23N7/c1-6-16-12-17-13(20(5)11(4)10(2)3)19-14(18-12)21-8-7-15-9-21/h7-11H,6H2,1-5H3,(H,16,17,18,19). The first-order chi connectivity index (χ1) is 10.0. The van der Waals surface area contributed by atoms with Crippen molar-refractivity contribution >= 4 is 11.9 Å². The van der Waals surface area contributed by atoms with Gasteiger partial charge in [-0.2, -0.15) is 15.0 Å². The molecule has 0 aliphatic rings. The van der Waals surface area contributed by atoms with Gasteiger partial charge in [0.05, 0.1) is 0 Å². The first kappa shape index (κ1) is 15.2. The van der Waals surface area contributed by atoms with Crippen molar-refractivity contribution in [3.05, 3.63) is 18.7 Å². The van der Waals surface area contributed by atoms with Gasteiger partial charge in [-0.3, -0.25) is 4.57 Å². The third-order valence-electron chi connectivity index (χ3n) is 3.57. The molecule has 7 heteroatoms. The number of anilines is 2. The second-order valence-electron chi connectivity index (χ2n) is 5.35. The van der Waals surface area contributed by atoms with Crippen LogP contribution in [0.4, 0.5) is 11.9 Å². The van der Waals surface area contributed by atoms with Gasteiger partial charge in [-0.15, -0.1) is 0 Å². The van der Waals surface area contributed by atoms with Crippen LogP contribution in [0.3, 0.4) is 0 Å². The SMILES string of the molecule is CCNc1nc(N(C)C(C)C(C)C)nc(-n2ccnc2)n1. The second kappa shape index (κ2) is 6.51. The Morgan fingerprint density at radius 1 is 1.24 bits per heavy atom.